The molecule has 5 rings (SSSR count). The van der Waals surface area contributed by atoms with Gasteiger partial charge in [-0.25, -0.2) is 0 Å². The van der Waals surface area contributed by atoms with Gasteiger partial charge in [0.05, 0.1) is 5.92 Å². The van der Waals surface area contributed by atoms with Crippen LogP contribution in [0.15, 0.2) is 11.8 Å². The highest BCUT2D eigenvalue weighted by Crippen LogP contribution is 2.62. The SMILES string of the molecule is C[C@@]12CCC[C@H]1[C@@H]1CNC3=CC(=O)C(C(=O)CC4CCCCC4)C[C@]3(C)[C@H]1CC2. The maximum absolute atomic E-state index is 13.2. The average molecular weight is 398 g/mol. The van der Waals surface area contributed by atoms with Crippen molar-refractivity contribution in [2.45, 2.75) is 90.9 Å². The number of hydrogen-bond donors (Lipinski definition) is 1. The third-order valence-electron chi connectivity index (χ3n) is 10.0. The molecule has 0 bridgehead atoms. The van der Waals surface area contributed by atoms with Gasteiger partial charge in [0.2, 0.25) is 0 Å². The summed E-state index contributed by atoms with van der Waals surface area (Å²) in [5.74, 6) is 2.61. The highest BCUT2D eigenvalue weighted by molar-refractivity contribution is 6.08. The minimum Gasteiger partial charge on any atom is -0.387 e. The van der Waals surface area contributed by atoms with Crippen molar-refractivity contribution < 1.29 is 9.59 Å². The third-order valence-corrected chi connectivity index (χ3v) is 10.0. The molecule has 160 valence electrons. The summed E-state index contributed by atoms with van der Waals surface area (Å²) in [5.41, 5.74) is 1.65. The summed E-state index contributed by atoms with van der Waals surface area (Å²) >= 11 is 0. The van der Waals surface area contributed by atoms with E-state index in [1.165, 1.54) is 64.2 Å². The normalized spacial score (nSPS) is 44.9. The Kier molecular flexibility index (Phi) is 4.95. The molecule has 4 aliphatic carbocycles. The van der Waals surface area contributed by atoms with Gasteiger partial charge < -0.3 is 5.32 Å². The Hall–Kier alpha value is -1.12. The first-order valence-corrected chi connectivity index (χ1v) is 12.4. The molecule has 3 nitrogen and oxygen atoms in total. The molecule has 1 heterocycles. The summed E-state index contributed by atoms with van der Waals surface area (Å²) < 4.78 is 0. The summed E-state index contributed by atoms with van der Waals surface area (Å²) in [5, 5.41) is 3.69. The fourth-order valence-electron chi connectivity index (χ4n) is 8.32. The first-order valence-electron chi connectivity index (χ1n) is 12.4. The maximum atomic E-state index is 13.2. The fourth-order valence-corrected chi connectivity index (χ4v) is 8.32. The summed E-state index contributed by atoms with van der Waals surface area (Å²) in [6, 6.07) is 0. The first kappa shape index (κ1) is 19.8. The molecule has 0 aromatic rings. The standard InChI is InChI=1S/C26H39NO2/c1-25-11-6-9-20(25)19-16-27-24-14-23(29)18(15-26(24,2)21(19)10-12-25)22(28)13-17-7-4-3-5-8-17/h14,17-21,27H,3-13,15-16H2,1-2H3/t18?,19-,20-,21-,25-,26+/m0/s1. The quantitative estimate of drug-likeness (QED) is 0.645. The number of allylic oxidation sites excluding steroid dienone is 2. The highest BCUT2D eigenvalue weighted by Gasteiger charge is 2.58. The predicted molar refractivity (Wildman–Crippen MR) is 115 cm³/mol. The Balaban J connectivity index is 1.37. The van der Waals surface area contributed by atoms with Crippen LogP contribution in [0.3, 0.4) is 0 Å². The van der Waals surface area contributed by atoms with Crippen LogP contribution in [0, 0.1) is 40.4 Å². The van der Waals surface area contributed by atoms with Crippen molar-refractivity contribution in [2.24, 2.45) is 40.4 Å². The molecule has 3 heteroatoms. The van der Waals surface area contributed by atoms with Gasteiger partial charge in [0, 0.05) is 30.2 Å². The Bertz CT molecular complexity index is 720. The zero-order chi connectivity index (χ0) is 20.2. The second-order valence-corrected chi connectivity index (χ2v) is 11.7. The van der Waals surface area contributed by atoms with Crippen LogP contribution in [0.2, 0.25) is 0 Å². The van der Waals surface area contributed by atoms with Crippen LogP contribution in [0.4, 0.5) is 0 Å². The molecule has 0 aromatic carbocycles. The van der Waals surface area contributed by atoms with Crippen LogP contribution in [0.25, 0.3) is 0 Å². The smallest absolute Gasteiger partial charge is 0.167 e. The van der Waals surface area contributed by atoms with Crippen molar-refractivity contribution >= 4 is 11.6 Å². The Morgan fingerprint density at radius 1 is 1.03 bits per heavy atom. The molecule has 1 unspecified atom stereocenters. The maximum Gasteiger partial charge on any atom is 0.167 e. The van der Waals surface area contributed by atoms with Gasteiger partial charge >= 0.3 is 0 Å². The van der Waals surface area contributed by atoms with Gasteiger partial charge in [-0.05, 0) is 61.2 Å². The van der Waals surface area contributed by atoms with Crippen LogP contribution < -0.4 is 5.32 Å². The minimum absolute atomic E-state index is 0.0202. The minimum atomic E-state index is -0.386. The van der Waals surface area contributed by atoms with Gasteiger partial charge in [0.1, 0.15) is 5.78 Å². The van der Waals surface area contributed by atoms with Crippen LogP contribution in [-0.2, 0) is 9.59 Å². The third kappa shape index (κ3) is 3.22. The number of piperidine rings is 1. The Morgan fingerprint density at radius 2 is 1.83 bits per heavy atom. The van der Waals surface area contributed by atoms with E-state index < -0.39 is 0 Å². The number of ketones is 2. The van der Waals surface area contributed by atoms with E-state index in [4.69, 9.17) is 0 Å². The second-order valence-electron chi connectivity index (χ2n) is 11.7. The van der Waals surface area contributed by atoms with E-state index in [0.717, 1.165) is 24.6 Å². The average Bonchev–Trinajstić information content (AvgIpc) is 3.10. The molecular formula is C26H39NO2. The first-order chi connectivity index (χ1) is 13.9. The van der Waals surface area contributed by atoms with Crippen molar-refractivity contribution in [3.05, 3.63) is 11.8 Å². The molecular weight excluding hydrogens is 358 g/mol. The Labute approximate surface area is 176 Å². The van der Waals surface area contributed by atoms with Crippen LogP contribution >= 0.6 is 0 Å². The summed E-state index contributed by atoms with van der Waals surface area (Å²) in [7, 11) is 0. The van der Waals surface area contributed by atoms with E-state index in [-0.39, 0.29) is 22.9 Å². The van der Waals surface area contributed by atoms with E-state index in [0.29, 0.717) is 29.6 Å². The molecule has 3 saturated carbocycles. The number of nitrogens with one attached hydrogen (secondary N) is 1. The zero-order valence-electron chi connectivity index (χ0n) is 18.5. The van der Waals surface area contributed by atoms with Crippen molar-refractivity contribution in [1.29, 1.82) is 0 Å². The van der Waals surface area contributed by atoms with Gasteiger partial charge in [-0.1, -0.05) is 52.4 Å². The van der Waals surface area contributed by atoms with Gasteiger partial charge in [0.15, 0.2) is 5.78 Å². The molecule has 29 heavy (non-hydrogen) atoms. The van der Waals surface area contributed by atoms with Gasteiger partial charge in [-0.2, -0.15) is 0 Å². The van der Waals surface area contributed by atoms with Crippen LogP contribution in [0.5, 0.6) is 0 Å². The van der Waals surface area contributed by atoms with Crippen molar-refractivity contribution in [1.82, 2.24) is 5.32 Å². The fraction of sp³-hybridized carbons (Fsp3) is 0.846. The van der Waals surface area contributed by atoms with Crippen LogP contribution in [-0.4, -0.2) is 18.1 Å². The van der Waals surface area contributed by atoms with Crippen molar-refractivity contribution in [3.63, 3.8) is 0 Å². The highest BCUT2D eigenvalue weighted by atomic mass is 16.1. The van der Waals surface area contributed by atoms with Gasteiger partial charge in [0.25, 0.3) is 0 Å². The van der Waals surface area contributed by atoms with Crippen molar-refractivity contribution in [3.8, 4) is 0 Å². The monoisotopic (exact) mass is 397 g/mol. The molecule has 4 fully saturated rings. The number of fused-ring (bicyclic) bond motifs is 5. The number of rotatable bonds is 3. The molecule has 0 radical (unpaired) electrons. The molecule has 0 aromatic heterocycles. The molecule has 0 spiro atoms. The number of carbonyl (C=O) groups excluding carboxylic acids is 2. The van der Waals surface area contributed by atoms with E-state index in [9.17, 15) is 9.59 Å². The summed E-state index contributed by atoms with van der Waals surface area (Å²) in [4.78, 5) is 26.1. The largest absolute Gasteiger partial charge is 0.387 e. The lowest BCUT2D eigenvalue weighted by Gasteiger charge is -2.58. The van der Waals surface area contributed by atoms with E-state index in [1.807, 2.05) is 6.08 Å². The van der Waals surface area contributed by atoms with Crippen molar-refractivity contribution in [2.75, 3.05) is 6.54 Å². The van der Waals surface area contributed by atoms with Gasteiger partial charge in [-0.15, -0.1) is 0 Å². The number of hydrogen-bond acceptors (Lipinski definition) is 3. The summed E-state index contributed by atoms with van der Waals surface area (Å²) in [6.07, 6.45) is 16.1. The van der Waals surface area contributed by atoms with E-state index in [1.54, 1.807) is 0 Å². The molecule has 1 N–H and O–H groups in total. The lowest BCUT2D eigenvalue weighted by Crippen LogP contribution is -2.57. The van der Waals surface area contributed by atoms with E-state index in [2.05, 4.69) is 19.2 Å². The van der Waals surface area contributed by atoms with Crippen LogP contribution in [0.1, 0.15) is 90.9 Å². The molecule has 6 atom stereocenters. The molecule has 1 aliphatic heterocycles. The topological polar surface area (TPSA) is 46.2 Å². The summed E-state index contributed by atoms with van der Waals surface area (Å²) in [6.45, 7) is 5.92. The van der Waals surface area contributed by atoms with Gasteiger partial charge in [-0.3, -0.25) is 9.59 Å². The predicted octanol–water partition coefficient (Wildman–Crippen LogP) is 5.44. The number of Topliss-reactive ketones (excluding diaryl/α,β-unsaturated/α-hetero) is 1. The molecule has 1 saturated heterocycles. The zero-order valence-corrected chi connectivity index (χ0v) is 18.5. The number of carbonyl (C=O) groups is 2. The van der Waals surface area contributed by atoms with E-state index >= 15 is 0 Å². The lowest BCUT2D eigenvalue weighted by atomic mass is 9.50. The second kappa shape index (κ2) is 7.24. The molecule has 0 amide bonds. The Morgan fingerprint density at radius 3 is 2.62 bits per heavy atom. The lowest BCUT2D eigenvalue weighted by molar-refractivity contribution is -0.135. The molecule has 5 aliphatic rings.